The molecule has 0 aromatic heterocycles. The first-order valence-electron chi connectivity index (χ1n) is 3.01. The van der Waals surface area contributed by atoms with Gasteiger partial charge in [0.05, 0.1) is 6.61 Å². The van der Waals surface area contributed by atoms with Crippen molar-refractivity contribution < 1.29 is 36.8 Å². The van der Waals surface area contributed by atoms with Gasteiger partial charge in [0.1, 0.15) is 0 Å². The maximum Gasteiger partial charge on any atom is 0.430 e. The van der Waals surface area contributed by atoms with E-state index in [1.165, 1.54) is 15.7 Å². The number of hydrogen-bond acceptors (Lipinski definition) is 4. The van der Waals surface area contributed by atoms with Gasteiger partial charge >= 0.3 is 6.09 Å². The normalized spacial score (nSPS) is 8.27. The van der Waals surface area contributed by atoms with Gasteiger partial charge in [-0.3, -0.25) is 0 Å². The standard InChI is InChI=1S/C5H11NO2S2.Cd/c1-3-8-5(7)6(9)10-4-2;/h9H,3-4H2,1-2H3;. The Kier molecular flexibility index (Phi) is 11.8. The van der Waals surface area contributed by atoms with E-state index in [2.05, 4.69) is 17.6 Å². The molecule has 0 spiro atoms. The van der Waals surface area contributed by atoms with Crippen LogP contribution in [-0.4, -0.2) is 22.2 Å². The van der Waals surface area contributed by atoms with Crippen LogP contribution in [0.25, 0.3) is 0 Å². The second-order valence-electron chi connectivity index (χ2n) is 1.39. The van der Waals surface area contributed by atoms with Crippen LogP contribution in [0.5, 0.6) is 0 Å². The second-order valence-corrected chi connectivity index (χ2v) is 3.26. The van der Waals surface area contributed by atoms with Gasteiger partial charge in [0.2, 0.25) is 0 Å². The first-order valence-corrected chi connectivity index (χ1v) is 4.35. The summed E-state index contributed by atoms with van der Waals surface area (Å²) in [5, 5.41) is 0. The smallest absolute Gasteiger partial charge is 0.430 e. The van der Waals surface area contributed by atoms with E-state index in [0.717, 1.165) is 5.75 Å². The molecule has 0 fully saturated rings. The van der Waals surface area contributed by atoms with Gasteiger partial charge in [0.15, 0.2) is 0 Å². The van der Waals surface area contributed by atoms with Crippen LogP contribution in [0.4, 0.5) is 4.79 Å². The molecular formula is C5H11CdNO2S2. The van der Waals surface area contributed by atoms with Gasteiger partial charge in [0, 0.05) is 33.1 Å². The molecule has 0 aliphatic rings. The first kappa shape index (κ1) is 14.4. The number of carbonyl (C=O) groups is 1. The number of amides is 1. The molecule has 6 heteroatoms. The zero-order valence-corrected chi connectivity index (χ0v) is 12.5. The monoisotopic (exact) mass is 295 g/mol. The maximum atomic E-state index is 10.7. The summed E-state index contributed by atoms with van der Waals surface area (Å²) in [6, 6.07) is 0. The van der Waals surface area contributed by atoms with Gasteiger partial charge < -0.3 is 4.74 Å². The van der Waals surface area contributed by atoms with Gasteiger partial charge in [-0.1, -0.05) is 6.92 Å². The fourth-order valence-electron chi connectivity index (χ4n) is 0.354. The van der Waals surface area contributed by atoms with Gasteiger partial charge in [-0.25, -0.2) is 4.79 Å². The summed E-state index contributed by atoms with van der Waals surface area (Å²) in [5.41, 5.74) is 0. The Morgan fingerprint density at radius 2 is 2.18 bits per heavy atom. The molecule has 0 aliphatic heterocycles. The van der Waals surface area contributed by atoms with Gasteiger partial charge in [-0.05, 0) is 31.7 Å². The van der Waals surface area contributed by atoms with Gasteiger partial charge in [-0.15, -0.1) is 0 Å². The number of hydrogen-bond donors (Lipinski definition) is 1. The van der Waals surface area contributed by atoms with Crippen LogP contribution in [0.15, 0.2) is 0 Å². The molecule has 1 amide bonds. The van der Waals surface area contributed by atoms with Gasteiger partial charge in [-0.2, -0.15) is 3.71 Å². The summed E-state index contributed by atoms with van der Waals surface area (Å²) >= 11 is 5.16. The third-order valence-electron chi connectivity index (χ3n) is 0.675. The molecule has 0 saturated carbocycles. The van der Waals surface area contributed by atoms with E-state index >= 15 is 0 Å². The predicted octanol–water partition coefficient (Wildman–Crippen LogP) is 1.96. The zero-order chi connectivity index (χ0) is 7.98. The second kappa shape index (κ2) is 8.98. The number of carbonyl (C=O) groups excluding carboxylic acids is 1. The predicted molar refractivity (Wildman–Crippen MR) is 46.0 cm³/mol. The van der Waals surface area contributed by atoms with E-state index in [4.69, 9.17) is 0 Å². The molecule has 0 aromatic carbocycles. The minimum Gasteiger partial charge on any atom is -0.448 e. The SMILES string of the molecule is CCOC(=O)N(S)SCC.[Cd]. The average Bonchev–Trinajstić information content (AvgIpc) is 1.89. The Bertz CT molecular complexity index is 115. The van der Waals surface area contributed by atoms with Crippen molar-refractivity contribution in [2.45, 2.75) is 13.8 Å². The topological polar surface area (TPSA) is 29.5 Å². The van der Waals surface area contributed by atoms with Crippen molar-refractivity contribution in [3.63, 3.8) is 0 Å². The first-order chi connectivity index (χ1) is 4.72. The summed E-state index contributed by atoms with van der Waals surface area (Å²) < 4.78 is 5.83. The summed E-state index contributed by atoms with van der Waals surface area (Å²) in [6.07, 6.45) is -0.405. The molecule has 0 aliphatic carbocycles. The van der Waals surface area contributed by atoms with Crippen LogP contribution in [0, 0.1) is 0 Å². The molecule has 11 heavy (non-hydrogen) atoms. The third kappa shape index (κ3) is 7.26. The fourth-order valence-corrected chi connectivity index (χ4v) is 1.16. The van der Waals surface area contributed by atoms with Crippen molar-refractivity contribution >= 4 is 30.9 Å². The molecule has 0 aromatic rings. The van der Waals surface area contributed by atoms with Crippen LogP contribution < -0.4 is 0 Å². The Hall–Kier alpha value is 0.892. The third-order valence-corrected chi connectivity index (χ3v) is 1.84. The molecule has 0 bridgehead atoms. The summed E-state index contributed by atoms with van der Waals surface area (Å²) in [7, 11) is 0. The van der Waals surface area contributed by atoms with Crippen molar-refractivity contribution in [2.24, 2.45) is 0 Å². The van der Waals surface area contributed by atoms with E-state index in [1.54, 1.807) is 6.92 Å². The Labute approximate surface area is 97.1 Å². The van der Waals surface area contributed by atoms with Crippen LogP contribution >= 0.6 is 24.8 Å². The molecule has 3 nitrogen and oxygen atoms in total. The zero-order valence-electron chi connectivity index (χ0n) is 6.74. The maximum absolute atomic E-state index is 10.7. The molecular weight excluding hydrogens is 283 g/mol. The summed E-state index contributed by atoms with van der Waals surface area (Å²) in [6.45, 7) is 4.09. The Morgan fingerprint density at radius 1 is 1.64 bits per heavy atom. The number of thiol groups is 1. The quantitative estimate of drug-likeness (QED) is 0.490. The van der Waals surface area contributed by atoms with E-state index in [1.807, 2.05) is 6.92 Å². The fraction of sp³-hybridized carbons (Fsp3) is 0.800. The van der Waals surface area contributed by atoms with Crippen LogP contribution in [0.2, 0.25) is 0 Å². The van der Waals surface area contributed by atoms with E-state index in [0.29, 0.717) is 6.61 Å². The minimum absolute atomic E-state index is 0. The average molecular weight is 294 g/mol. The molecule has 0 unspecified atom stereocenters. The van der Waals surface area contributed by atoms with Gasteiger partial charge in [0.25, 0.3) is 0 Å². The minimum atomic E-state index is -0.405. The van der Waals surface area contributed by atoms with E-state index in [-0.39, 0.29) is 27.3 Å². The van der Waals surface area contributed by atoms with Crippen molar-refractivity contribution in [3.8, 4) is 0 Å². The number of nitrogens with zero attached hydrogens (tertiary/aromatic N) is 1. The molecule has 0 N–H and O–H groups in total. The van der Waals surface area contributed by atoms with Crippen LogP contribution in [0.3, 0.4) is 0 Å². The van der Waals surface area contributed by atoms with Crippen LogP contribution in [0.1, 0.15) is 13.8 Å². The van der Waals surface area contributed by atoms with Crippen molar-refractivity contribution in [3.05, 3.63) is 0 Å². The summed E-state index contributed by atoms with van der Waals surface area (Å²) in [4.78, 5) is 10.7. The number of ether oxygens (including phenoxy) is 1. The molecule has 0 heterocycles. The molecule has 0 atom stereocenters. The van der Waals surface area contributed by atoms with Crippen molar-refractivity contribution in [2.75, 3.05) is 12.4 Å². The van der Waals surface area contributed by atoms with Crippen molar-refractivity contribution in [1.29, 1.82) is 0 Å². The summed E-state index contributed by atoms with van der Waals surface area (Å²) in [5.74, 6) is 0.808. The largest absolute Gasteiger partial charge is 0.448 e. The number of rotatable bonds is 3. The molecule has 0 radical (unpaired) electrons. The molecule has 0 rings (SSSR count). The molecule has 62 valence electrons. The van der Waals surface area contributed by atoms with E-state index < -0.39 is 6.09 Å². The Morgan fingerprint density at radius 3 is 2.55 bits per heavy atom. The van der Waals surface area contributed by atoms with Crippen LogP contribution in [-0.2, 0) is 32.0 Å². The van der Waals surface area contributed by atoms with E-state index in [9.17, 15) is 4.79 Å². The molecule has 0 saturated heterocycles. The van der Waals surface area contributed by atoms with Crippen molar-refractivity contribution in [1.82, 2.24) is 3.71 Å². The Balaban J connectivity index is 0.